The standard InChI is InChI=1S/C12H19NO4/c1-16-11(14)10-7-8-5-3-4-6-9(8)13(10)12(15)17-2/h8-10H,3-7H2,1-2H3. The first-order valence-electron chi connectivity index (χ1n) is 6.13. The first kappa shape index (κ1) is 12.2. The van der Waals surface area contributed by atoms with E-state index < -0.39 is 12.1 Å². The molecule has 1 heterocycles. The lowest BCUT2D eigenvalue weighted by Gasteiger charge is -2.31. The van der Waals surface area contributed by atoms with Crippen LogP contribution in [-0.4, -0.2) is 43.3 Å². The molecule has 2 aliphatic rings. The molecule has 5 nitrogen and oxygen atoms in total. The van der Waals surface area contributed by atoms with Gasteiger partial charge in [0.1, 0.15) is 6.04 Å². The molecule has 0 spiro atoms. The van der Waals surface area contributed by atoms with Gasteiger partial charge in [0.2, 0.25) is 0 Å². The Morgan fingerprint density at radius 3 is 2.47 bits per heavy atom. The summed E-state index contributed by atoms with van der Waals surface area (Å²) in [5, 5.41) is 0. The molecule has 1 aliphatic heterocycles. The number of amides is 1. The van der Waals surface area contributed by atoms with Gasteiger partial charge in [-0.25, -0.2) is 9.59 Å². The predicted octanol–water partition coefficient (Wildman–Crippen LogP) is 1.56. The Balaban J connectivity index is 2.20. The summed E-state index contributed by atoms with van der Waals surface area (Å²) in [6, 6.07) is -0.305. The number of rotatable bonds is 1. The molecule has 3 atom stereocenters. The third kappa shape index (κ3) is 2.10. The highest BCUT2D eigenvalue weighted by molar-refractivity contribution is 5.82. The molecule has 1 aliphatic carbocycles. The molecular weight excluding hydrogens is 222 g/mol. The topological polar surface area (TPSA) is 55.8 Å². The van der Waals surface area contributed by atoms with Crippen LogP contribution in [0.1, 0.15) is 32.1 Å². The lowest BCUT2D eigenvalue weighted by molar-refractivity contribution is -0.145. The monoisotopic (exact) mass is 241 g/mol. The third-order valence-corrected chi connectivity index (χ3v) is 3.95. The second-order valence-electron chi connectivity index (χ2n) is 4.76. The Kier molecular flexibility index (Phi) is 3.54. The normalized spacial score (nSPS) is 31.9. The number of esters is 1. The van der Waals surface area contributed by atoms with E-state index in [2.05, 4.69) is 0 Å². The zero-order chi connectivity index (χ0) is 12.4. The van der Waals surface area contributed by atoms with Gasteiger partial charge < -0.3 is 9.47 Å². The minimum absolute atomic E-state index is 0.153. The maximum absolute atomic E-state index is 11.8. The van der Waals surface area contributed by atoms with E-state index in [1.165, 1.54) is 20.6 Å². The van der Waals surface area contributed by atoms with Crippen molar-refractivity contribution in [2.45, 2.75) is 44.2 Å². The van der Waals surface area contributed by atoms with Crippen molar-refractivity contribution in [3.8, 4) is 0 Å². The number of methoxy groups -OCH3 is 2. The highest BCUT2D eigenvalue weighted by Gasteiger charge is 2.48. The lowest BCUT2D eigenvalue weighted by atomic mass is 9.85. The number of hydrogen-bond donors (Lipinski definition) is 0. The quantitative estimate of drug-likeness (QED) is 0.654. The molecule has 96 valence electrons. The van der Waals surface area contributed by atoms with E-state index in [0.29, 0.717) is 12.3 Å². The second-order valence-corrected chi connectivity index (χ2v) is 4.76. The summed E-state index contributed by atoms with van der Waals surface area (Å²) in [4.78, 5) is 25.1. The summed E-state index contributed by atoms with van der Waals surface area (Å²) >= 11 is 0. The Morgan fingerprint density at radius 2 is 1.82 bits per heavy atom. The fraction of sp³-hybridized carbons (Fsp3) is 0.833. The summed E-state index contributed by atoms with van der Waals surface area (Å²) in [7, 11) is 2.71. The van der Waals surface area contributed by atoms with Crippen LogP contribution < -0.4 is 0 Å². The van der Waals surface area contributed by atoms with Crippen molar-refractivity contribution in [1.29, 1.82) is 0 Å². The number of likely N-dealkylation sites (tertiary alicyclic amines) is 1. The van der Waals surface area contributed by atoms with Gasteiger partial charge in [0.05, 0.1) is 14.2 Å². The number of fused-ring (bicyclic) bond motifs is 1. The second kappa shape index (κ2) is 4.94. The van der Waals surface area contributed by atoms with Crippen LogP contribution in [0.5, 0.6) is 0 Å². The van der Waals surface area contributed by atoms with E-state index in [1.807, 2.05) is 0 Å². The van der Waals surface area contributed by atoms with Gasteiger partial charge in [0.15, 0.2) is 0 Å². The molecule has 0 radical (unpaired) electrons. The van der Waals surface area contributed by atoms with E-state index in [0.717, 1.165) is 19.3 Å². The average molecular weight is 241 g/mol. The maximum Gasteiger partial charge on any atom is 0.410 e. The summed E-state index contributed by atoms with van der Waals surface area (Å²) in [6.45, 7) is 0. The Morgan fingerprint density at radius 1 is 1.12 bits per heavy atom. The van der Waals surface area contributed by atoms with Gasteiger partial charge >= 0.3 is 12.1 Å². The van der Waals surface area contributed by atoms with Crippen LogP contribution in [0.4, 0.5) is 4.79 Å². The van der Waals surface area contributed by atoms with Gasteiger partial charge in [-0.3, -0.25) is 4.90 Å². The highest BCUT2D eigenvalue weighted by Crippen LogP contribution is 2.40. The first-order valence-corrected chi connectivity index (χ1v) is 6.13. The maximum atomic E-state index is 11.8. The molecular formula is C12H19NO4. The molecule has 5 heteroatoms. The summed E-state index contributed by atoms with van der Waals surface area (Å²) in [5.74, 6) is 0.0942. The van der Waals surface area contributed by atoms with Gasteiger partial charge in [-0.1, -0.05) is 12.8 Å². The van der Waals surface area contributed by atoms with Crippen molar-refractivity contribution in [1.82, 2.24) is 4.90 Å². The van der Waals surface area contributed by atoms with Crippen molar-refractivity contribution in [2.75, 3.05) is 14.2 Å². The van der Waals surface area contributed by atoms with Crippen LogP contribution in [0.15, 0.2) is 0 Å². The molecule has 0 aromatic heterocycles. The van der Waals surface area contributed by atoms with Crippen molar-refractivity contribution in [3.05, 3.63) is 0 Å². The molecule has 2 rings (SSSR count). The fourth-order valence-electron chi connectivity index (χ4n) is 3.17. The van der Waals surface area contributed by atoms with Crippen LogP contribution in [0, 0.1) is 5.92 Å². The fourth-order valence-corrected chi connectivity index (χ4v) is 3.17. The average Bonchev–Trinajstić information content (AvgIpc) is 2.76. The molecule has 1 saturated carbocycles. The van der Waals surface area contributed by atoms with Crippen molar-refractivity contribution in [2.24, 2.45) is 5.92 Å². The minimum atomic E-state index is -0.458. The van der Waals surface area contributed by atoms with Gasteiger partial charge in [0.25, 0.3) is 0 Å². The molecule has 2 fully saturated rings. The van der Waals surface area contributed by atoms with Crippen LogP contribution in [0.25, 0.3) is 0 Å². The van der Waals surface area contributed by atoms with Crippen molar-refractivity contribution in [3.63, 3.8) is 0 Å². The van der Waals surface area contributed by atoms with Crippen LogP contribution in [0.2, 0.25) is 0 Å². The molecule has 0 aromatic rings. The highest BCUT2D eigenvalue weighted by atomic mass is 16.5. The largest absolute Gasteiger partial charge is 0.467 e. The SMILES string of the molecule is COC(=O)C1CC2CCCCC2N1C(=O)OC. The number of nitrogens with zero attached hydrogens (tertiary/aromatic N) is 1. The van der Waals surface area contributed by atoms with Gasteiger partial charge in [-0.05, 0) is 25.2 Å². The predicted molar refractivity (Wildman–Crippen MR) is 60.4 cm³/mol. The Hall–Kier alpha value is -1.26. The van der Waals surface area contributed by atoms with Crippen LogP contribution >= 0.6 is 0 Å². The van der Waals surface area contributed by atoms with E-state index in [1.54, 1.807) is 4.90 Å². The zero-order valence-corrected chi connectivity index (χ0v) is 10.3. The zero-order valence-electron chi connectivity index (χ0n) is 10.3. The molecule has 17 heavy (non-hydrogen) atoms. The molecule has 1 saturated heterocycles. The lowest BCUT2D eigenvalue weighted by Crippen LogP contribution is -2.46. The van der Waals surface area contributed by atoms with E-state index in [-0.39, 0.29) is 12.0 Å². The number of ether oxygens (including phenoxy) is 2. The number of carbonyl (C=O) groups excluding carboxylic acids is 2. The summed E-state index contributed by atoms with van der Waals surface area (Å²) < 4.78 is 9.56. The van der Waals surface area contributed by atoms with Crippen LogP contribution in [-0.2, 0) is 14.3 Å². The third-order valence-electron chi connectivity index (χ3n) is 3.95. The van der Waals surface area contributed by atoms with E-state index in [4.69, 9.17) is 9.47 Å². The number of carbonyl (C=O) groups is 2. The summed E-state index contributed by atoms with van der Waals surface area (Å²) in [6.07, 6.45) is 4.66. The van der Waals surface area contributed by atoms with E-state index >= 15 is 0 Å². The van der Waals surface area contributed by atoms with Gasteiger partial charge in [-0.15, -0.1) is 0 Å². The van der Waals surface area contributed by atoms with Crippen LogP contribution in [0.3, 0.4) is 0 Å². The number of hydrogen-bond acceptors (Lipinski definition) is 4. The molecule has 0 aromatic carbocycles. The van der Waals surface area contributed by atoms with E-state index in [9.17, 15) is 9.59 Å². The Bertz CT molecular complexity index is 318. The molecule has 1 amide bonds. The summed E-state index contributed by atoms with van der Waals surface area (Å²) in [5.41, 5.74) is 0. The molecule has 0 N–H and O–H groups in total. The minimum Gasteiger partial charge on any atom is -0.467 e. The van der Waals surface area contributed by atoms with Crippen molar-refractivity contribution < 1.29 is 19.1 Å². The first-order chi connectivity index (χ1) is 8.19. The van der Waals surface area contributed by atoms with Crippen molar-refractivity contribution >= 4 is 12.1 Å². The smallest absolute Gasteiger partial charge is 0.410 e. The molecule has 3 unspecified atom stereocenters. The van der Waals surface area contributed by atoms with Gasteiger partial charge in [-0.2, -0.15) is 0 Å². The Labute approximate surface area is 101 Å². The molecule has 0 bridgehead atoms. The van der Waals surface area contributed by atoms with Gasteiger partial charge in [0, 0.05) is 6.04 Å².